The number of ether oxygens (including phenoxy) is 1. The molecule has 2 aromatic rings. The fourth-order valence-electron chi connectivity index (χ4n) is 4.93. The van der Waals surface area contributed by atoms with Gasteiger partial charge < -0.3 is 10.5 Å². The molecule has 1 atom stereocenters. The Hall–Kier alpha value is -2.00. The summed E-state index contributed by atoms with van der Waals surface area (Å²) in [6.07, 6.45) is 3.42. The number of nitrogens with two attached hydrogens (primary N) is 1. The molecule has 0 aliphatic carbocycles. The topological polar surface area (TPSA) is 38.5 Å². The predicted molar refractivity (Wildman–Crippen MR) is 113 cm³/mol. The number of benzene rings is 2. The lowest BCUT2D eigenvalue weighted by Gasteiger charge is -2.37. The van der Waals surface area contributed by atoms with Gasteiger partial charge in [0, 0.05) is 24.2 Å². The minimum atomic E-state index is -0.155. The molecular weight excluding hydrogens is 332 g/mol. The summed E-state index contributed by atoms with van der Waals surface area (Å²) >= 11 is 0. The number of nitrogen functional groups attached to an aromatic ring is 1. The quantitative estimate of drug-likeness (QED) is 0.798. The van der Waals surface area contributed by atoms with Crippen molar-refractivity contribution >= 4 is 5.69 Å². The van der Waals surface area contributed by atoms with E-state index in [1.807, 2.05) is 0 Å². The van der Waals surface area contributed by atoms with Gasteiger partial charge in [-0.05, 0) is 81.8 Å². The van der Waals surface area contributed by atoms with E-state index >= 15 is 0 Å². The molecule has 0 unspecified atom stereocenters. The van der Waals surface area contributed by atoms with Crippen molar-refractivity contribution in [2.75, 3.05) is 25.4 Å². The van der Waals surface area contributed by atoms with Gasteiger partial charge in [0.15, 0.2) is 0 Å². The Morgan fingerprint density at radius 1 is 1.04 bits per heavy atom. The predicted octanol–water partition coefficient (Wildman–Crippen LogP) is 4.77. The van der Waals surface area contributed by atoms with E-state index in [2.05, 4.69) is 62.9 Å². The summed E-state index contributed by atoms with van der Waals surface area (Å²) < 4.78 is 6.56. The van der Waals surface area contributed by atoms with Gasteiger partial charge in [-0.25, -0.2) is 0 Å². The van der Waals surface area contributed by atoms with Crippen LogP contribution in [-0.4, -0.2) is 30.1 Å². The van der Waals surface area contributed by atoms with Crippen LogP contribution in [0.4, 0.5) is 5.69 Å². The lowest BCUT2D eigenvalue weighted by atomic mass is 9.88. The highest BCUT2D eigenvalue weighted by atomic mass is 16.5. The molecule has 27 heavy (non-hydrogen) atoms. The zero-order valence-electron chi connectivity index (χ0n) is 17.1. The molecule has 0 amide bonds. The first-order valence-corrected chi connectivity index (χ1v) is 10.2. The number of likely N-dealkylation sites (tertiary alicyclic amines) is 1. The maximum absolute atomic E-state index is 6.56. The van der Waals surface area contributed by atoms with Gasteiger partial charge in [-0.15, -0.1) is 0 Å². The molecule has 4 rings (SSSR count). The van der Waals surface area contributed by atoms with Crippen molar-refractivity contribution in [2.45, 2.75) is 58.5 Å². The number of rotatable bonds is 3. The maximum Gasteiger partial charge on any atom is 0.127 e. The van der Waals surface area contributed by atoms with Crippen molar-refractivity contribution in [3.63, 3.8) is 0 Å². The fraction of sp³-hybridized carbons (Fsp3) is 0.500. The van der Waals surface area contributed by atoms with Gasteiger partial charge in [0.2, 0.25) is 0 Å². The summed E-state index contributed by atoms with van der Waals surface area (Å²) in [6, 6.07) is 11.0. The van der Waals surface area contributed by atoms with Crippen LogP contribution in [0.3, 0.4) is 0 Å². The highest BCUT2D eigenvalue weighted by molar-refractivity contribution is 5.66. The molecular formula is C24H32N2O. The maximum atomic E-state index is 6.56. The Morgan fingerprint density at radius 2 is 1.70 bits per heavy atom. The average molecular weight is 365 g/mol. The molecule has 2 heterocycles. The summed E-state index contributed by atoms with van der Waals surface area (Å²) in [5, 5.41) is 0. The molecule has 2 aliphatic rings. The first kappa shape index (κ1) is 18.4. The minimum Gasteiger partial charge on any atom is -0.485 e. The summed E-state index contributed by atoms with van der Waals surface area (Å²) in [6.45, 7) is 11.9. The second kappa shape index (κ2) is 6.87. The zero-order valence-corrected chi connectivity index (χ0v) is 17.1. The molecule has 0 aromatic heterocycles. The Morgan fingerprint density at radius 3 is 2.37 bits per heavy atom. The summed E-state index contributed by atoms with van der Waals surface area (Å²) in [7, 11) is 0. The summed E-state index contributed by atoms with van der Waals surface area (Å²) in [5.41, 5.74) is 13.5. The van der Waals surface area contributed by atoms with E-state index in [4.69, 9.17) is 10.5 Å². The molecule has 1 fully saturated rings. The first-order valence-electron chi connectivity index (χ1n) is 10.2. The van der Waals surface area contributed by atoms with E-state index in [1.54, 1.807) is 0 Å². The van der Waals surface area contributed by atoms with Crippen LogP contribution in [0.1, 0.15) is 53.5 Å². The number of fused-ring (bicyclic) bond motifs is 1. The van der Waals surface area contributed by atoms with Crippen LogP contribution in [0.5, 0.6) is 5.75 Å². The lowest BCUT2D eigenvalue weighted by Crippen LogP contribution is -2.47. The van der Waals surface area contributed by atoms with E-state index < -0.39 is 0 Å². The number of hydrogen-bond donors (Lipinski definition) is 1. The molecule has 0 bridgehead atoms. The van der Waals surface area contributed by atoms with Crippen LogP contribution in [-0.2, 0) is 6.42 Å². The van der Waals surface area contributed by atoms with E-state index in [-0.39, 0.29) is 5.60 Å². The highest BCUT2D eigenvalue weighted by Crippen LogP contribution is 2.44. The summed E-state index contributed by atoms with van der Waals surface area (Å²) in [4.78, 5) is 2.59. The van der Waals surface area contributed by atoms with Crippen LogP contribution < -0.4 is 10.5 Å². The SMILES string of the molecule is Cc1c(C)c2c(c(C)c1N)C[C@](C)(CN1CCC(c3ccccc3)CC1)O2. The Bertz CT molecular complexity index is 798. The molecule has 3 heteroatoms. The lowest BCUT2D eigenvalue weighted by molar-refractivity contribution is 0.0523. The first-order chi connectivity index (χ1) is 12.9. The zero-order chi connectivity index (χ0) is 19.2. The third-order valence-electron chi connectivity index (χ3n) is 6.75. The van der Waals surface area contributed by atoms with Gasteiger partial charge in [-0.1, -0.05) is 30.3 Å². The van der Waals surface area contributed by atoms with Crippen LogP contribution in [0.2, 0.25) is 0 Å². The Balaban J connectivity index is 1.44. The van der Waals surface area contributed by atoms with Crippen LogP contribution in [0.15, 0.2) is 30.3 Å². The van der Waals surface area contributed by atoms with Crippen LogP contribution in [0, 0.1) is 20.8 Å². The fourth-order valence-corrected chi connectivity index (χ4v) is 4.93. The van der Waals surface area contributed by atoms with E-state index in [1.165, 1.54) is 40.7 Å². The third kappa shape index (κ3) is 3.34. The molecule has 0 spiro atoms. The van der Waals surface area contributed by atoms with Crippen LogP contribution in [0.25, 0.3) is 0 Å². The largest absolute Gasteiger partial charge is 0.485 e. The molecule has 3 nitrogen and oxygen atoms in total. The van der Waals surface area contributed by atoms with Gasteiger partial charge in [0.1, 0.15) is 11.4 Å². The molecule has 2 N–H and O–H groups in total. The molecule has 144 valence electrons. The molecule has 1 saturated heterocycles. The third-order valence-corrected chi connectivity index (χ3v) is 6.75. The second-order valence-corrected chi connectivity index (χ2v) is 8.79. The van der Waals surface area contributed by atoms with Gasteiger partial charge in [-0.2, -0.15) is 0 Å². The van der Waals surface area contributed by atoms with Crippen LogP contribution >= 0.6 is 0 Å². The van der Waals surface area contributed by atoms with E-state index in [0.717, 1.165) is 37.5 Å². The monoisotopic (exact) mass is 364 g/mol. The average Bonchev–Trinajstić information content (AvgIpc) is 3.03. The van der Waals surface area contributed by atoms with Gasteiger partial charge >= 0.3 is 0 Å². The minimum absolute atomic E-state index is 0.155. The van der Waals surface area contributed by atoms with E-state index in [0.29, 0.717) is 5.92 Å². The number of anilines is 1. The van der Waals surface area contributed by atoms with Crippen molar-refractivity contribution < 1.29 is 4.74 Å². The van der Waals surface area contributed by atoms with Gasteiger partial charge in [0.05, 0.1) is 0 Å². The Labute approximate surface area is 163 Å². The van der Waals surface area contributed by atoms with Gasteiger partial charge in [0.25, 0.3) is 0 Å². The van der Waals surface area contributed by atoms with Crippen molar-refractivity contribution in [1.82, 2.24) is 4.90 Å². The normalized spacial score (nSPS) is 23.3. The number of hydrogen-bond acceptors (Lipinski definition) is 3. The molecule has 2 aliphatic heterocycles. The van der Waals surface area contributed by atoms with Crippen molar-refractivity contribution in [1.29, 1.82) is 0 Å². The van der Waals surface area contributed by atoms with E-state index in [9.17, 15) is 0 Å². The molecule has 0 saturated carbocycles. The highest BCUT2D eigenvalue weighted by Gasteiger charge is 2.39. The number of piperidine rings is 1. The van der Waals surface area contributed by atoms with Crippen molar-refractivity contribution in [2.24, 2.45) is 0 Å². The summed E-state index contributed by atoms with van der Waals surface area (Å²) in [5.74, 6) is 1.78. The molecule has 2 aromatic carbocycles. The second-order valence-electron chi connectivity index (χ2n) is 8.79. The van der Waals surface area contributed by atoms with Gasteiger partial charge in [-0.3, -0.25) is 4.90 Å². The van der Waals surface area contributed by atoms with Crippen molar-refractivity contribution in [3.05, 3.63) is 58.1 Å². The Kier molecular flexibility index (Phi) is 4.67. The standard InChI is InChI=1S/C24H32N2O/c1-16-17(2)23-21(18(3)22(16)25)14-24(4,27-23)15-26-12-10-20(11-13-26)19-8-6-5-7-9-19/h5-9,20H,10-15,25H2,1-4H3/t24-/m1/s1. The number of nitrogens with zero attached hydrogens (tertiary/aromatic N) is 1. The smallest absolute Gasteiger partial charge is 0.127 e. The molecule has 0 radical (unpaired) electrons. The van der Waals surface area contributed by atoms with Crippen molar-refractivity contribution in [3.8, 4) is 5.75 Å².